The van der Waals surface area contributed by atoms with Crippen molar-refractivity contribution >= 4 is 21.8 Å². The average Bonchev–Trinajstić information content (AvgIpc) is 2.54. The van der Waals surface area contributed by atoms with Crippen LogP contribution in [0.5, 0.6) is 11.5 Å². The maximum Gasteiger partial charge on any atom is 0.253 e. The van der Waals surface area contributed by atoms with Crippen LogP contribution < -0.4 is 9.47 Å². The molecule has 0 fully saturated rings. The number of nitrogens with zero attached hydrogens (tertiary/aromatic N) is 1. The minimum atomic E-state index is -0.0512. The second kappa shape index (κ2) is 7.31. The van der Waals surface area contributed by atoms with Crippen molar-refractivity contribution in [1.29, 1.82) is 0 Å². The van der Waals surface area contributed by atoms with Gasteiger partial charge in [-0.15, -0.1) is 0 Å². The van der Waals surface area contributed by atoms with E-state index in [9.17, 15) is 4.79 Å². The standard InChI is InChI=1S/C17H18BrNO3/c1-19(11-13-10-14(18)6-9-16(13)22-3)17(20)12-4-7-15(21-2)8-5-12/h4-10H,11H2,1-3H3. The maximum atomic E-state index is 12.5. The fourth-order valence-corrected chi connectivity index (χ4v) is 2.56. The summed E-state index contributed by atoms with van der Waals surface area (Å²) in [7, 11) is 4.99. The lowest BCUT2D eigenvalue weighted by Gasteiger charge is -2.19. The fraction of sp³-hybridized carbons (Fsp3) is 0.235. The van der Waals surface area contributed by atoms with Crippen molar-refractivity contribution in [2.75, 3.05) is 21.3 Å². The Bertz CT molecular complexity index is 655. The number of hydrogen-bond donors (Lipinski definition) is 0. The van der Waals surface area contributed by atoms with Crippen LogP contribution in [0.4, 0.5) is 0 Å². The van der Waals surface area contributed by atoms with E-state index in [-0.39, 0.29) is 5.91 Å². The van der Waals surface area contributed by atoms with E-state index in [0.29, 0.717) is 12.1 Å². The van der Waals surface area contributed by atoms with Gasteiger partial charge in [0.15, 0.2) is 0 Å². The first kappa shape index (κ1) is 16.4. The highest BCUT2D eigenvalue weighted by molar-refractivity contribution is 9.10. The maximum absolute atomic E-state index is 12.5. The van der Waals surface area contributed by atoms with Crippen molar-refractivity contribution < 1.29 is 14.3 Å². The number of amides is 1. The van der Waals surface area contributed by atoms with E-state index < -0.39 is 0 Å². The third kappa shape index (κ3) is 3.80. The summed E-state index contributed by atoms with van der Waals surface area (Å²) in [5, 5.41) is 0. The Morgan fingerprint density at radius 2 is 1.77 bits per heavy atom. The number of rotatable bonds is 5. The van der Waals surface area contributed by atoms with Crippen molar-refractivity contribution in [3.05, 3.63) is 58.1 Å². The monoisotopic (exact) mass is 363 g/mol. The van der Waals surface area contributed by atoms with E-state index in [0.717, 1.165) is 21.5 Å². The van der Waals surface area contributed by atoms with Crippen LogP contribution in [0.25, 0.3) is 0 Å². The molecule has 0 saturated carbocycles. The Labute approximate surface area is 138 Å². The normalized spacial score (nSPS) is 10.2. The van der Waals surface area contributed by atoms with Gasteiger partial charge in [-0.3, -0.25) is 4.79 Å². The van der Waals surface area contributed by atoms with Crippen molar-refractivity contribution in [2.24, 2.45) is 0 Å². The summed E-state index contributed by atoms with van der Waals surface area (Å²) in [4.78, 5) is 14.1. The van der Waals surface area contributed by atoms with Crippen LogP contribution >= 0.6 is 15.9 Å². The summed E-state index contributed by atoms with van der Waals surface area (Å²) in [5.74, 6) is 1.44. The van der Waals surface area contributed by atoms with E-state index in [1.54, 1.807) is 50.4 Å². The minimum Gasteiger partial charge on any atom is -0.497 e. The summed E-state index contributed by atoms with van der Waals surface area (Å²) in [6.07, 6.45) is 0. The molecule has 0 heterocycles. The van der Waals surface area contributed by atoms with E-state index in [1.807, 2.05) is 18.2 Å². The highest BCUT2D eigenvalue weighted by atomic mass is 79.9. The van der Waals surface area contributed by atoms with Crippen LogP contribution in [0, 0.1) is 0 Å². The van der Waals surface area contributed by atoms with Crippen molar-refractivity contribution in [1.82, 2.24) is 4.90 Å². The van der Waals surface area contributed by atoms with Crippen molar-refractivity contribution in [2.45, 2.75) is 6.54 Å². The molecule has 22 heavy (non-hydrogen) atoms. The van der Waals surface area contributed by atoms with Gasteiger partial charge in [0.1, 0.15) is 11.5 Å². The molecule has 0 aliphatic heterocycles. The Morgan fingerprint density at radius 1 is 1.09 bits per heavy atom. The van der Waals surface area contributed by atoms with Crippen LogP contribution in [0.2, 0.25) is 0 Å². The first-order valence-corrected chi connectivity index (χ1v) is 7.56. The quantitative estimate of drug-likeness (QED) is 0.812. The van der Waals surface area contributed by atoms with E-state index in [1.165, 1.54) is 0 Å². The lowest BCUT2D eigenvalue weighted by molar-refractivity contribution is 0.0784. The van der Waals surface area contributed by atoms with Crippen LogP contribution in [0.1, 0.15) is 15.9 Å². The molecule has 0 aromatic heterocycles. The topological polar surface area (TPSA) is 38.8 Å². The molecule has 0 saturated heterocycles. The van der Waals surface area contributed by atoms with Gasteiger partial charge in [-0.1, -0.05) is 15.9 Å². The number of halogens is 1. The predicted octanol–water partition coefficient (Wildman–Crippen LogP) is 3.74. The zero-order chi connectivity index (χ0) is 16.1. The van der Waals surface area contributed by atoms with Crippen molar-refractivity contribution in [3.63, 3.8) is 0 Å². The third-order valence-electron chi connectivity index (χ3n) is 3.33. The molecule has 5 heteroatoms. The lowest BCUT2D eigenvalue weighted by Crippen LogP contribution is -2.26. The van der Waals surface area contributed by atoms with Crippen LogP contribution in [-0.4, -0.2) is 32.1 Å². The minimum absolute atomic E-state index is 0.0512. The Hall–Kier alpha value is -2.01. The summed E-state index contributed by atoms with van der Waals surface area (Å²) < 4.78 is 11.4. The van der Waals surface area contributed by atoms with Gasteiger partial charge in [-0.05, 0) is 42.5 Å². The molecule has 0 aliphatic carbocycles. The molecule has 0 N–H and O–H groups in total. The second-order valence-corrected chi connectivity index (χ2v) is 5.76. The largest absolute Gasteiger partial charge is 0.497 e. The van der Waals surface area contributed by atoms with Crippen LogP contribution in [-0.2, 0) is 6.54 Å². The molecule has 0 atom stereocenters. The molecule has 0 spiro atoms. The van der Waals surface area contributed by atoms with Gasteiger partial charge in [0, 0.05) is 29.2 Å². The summed E-state index contributed by atoms with van der Waals surface area (Å²) in [5.41, 5.74) is 1.57. The van der Waals surface area contributed by atoms with Crippen molar-refractivity contribution in [3.8, 4) is 11.5 Å². The number of ether oxygens (including phenoxy) is 2. The zero-order valence-corrected chi connectivity index (χ0v) is 14.4. The van der Waals surface area contributed by atoms with Gasteiger partial charge >= 0.3 is 0 Å². The first-order chi connectivity index (χ1) is 10.5. The zero-order valence-electron chi connectivity index (χ0n) is 12.8. The second-order valence-electron chi connectivity index (χ2n) is 4.85. The fourth-order valence-electron chi connectivity index (χ4n) is 2.15. The number of methoxy groups -OCH3 is 2. The molecule has 4 nitrogen and oxygen atoms in total. The Morgan fingerprint density at radius 3 is 2.36 bits per heavy atom. The van der Waals surface area contributed by atoms with Gasteiger partial charge in [0.2, 0.25) is 0 Å². The first-order valence-electron chi connectivity index (χ1n) is 6.77. The molecule has 116 valence electrons. The SMILES string of the molecule is COc1ccc(C(=O)N(C)Cc2cc(Br)ccc2OC)cc1. The van der Waals surface area contributed by atoms with Crippen LogP contribution in [0.3, 0.4) is 0 Å². The van der Waals surface area contributed by atoms with E-state index >= 15 is 0 Å². The molecule has 2 aromatic carbocycles. The highest BCUT2D eigenvalue weighted by Crippen LogP contribution is 2.24. The molecule has 0 aliphatic rings. The Kier molecular flexibility index (Phi) is 5.44. The van der Waals surface area contributed by atoms with Gasteiger partial charge in [-0.25, -0.2) is 0 Å². The summed E-state index contributed by atoms with van der Waals surface area (Å²) in [6, 6.07) is 12.8. The molecule has 0 unspecified atom stereocenters. The Balaban J connectivity index is 2.15. The molecule has 2 aromatic rings. The van der Waals surface area contributed by atoms with Gasteiger partial charge in [0.25, 0.3) is 5.91 Å². The number of hydrogen-bond acceptors (Lipinski definition) is 3. The smallest absolute Gasteiger partial charge is 0.253 e. The van der Waals surface area contributed by atoms with Gasteiger partial charge in [0.05, 0.1) is 14.2 Å². The molecule has 0 bridgehead atoms. The number of carbonyl (C=O) groups is 1. The number of carbonyl (C=O) groups excluding carboxylic acids is 1. The molecule has 2 rings (SSSR count). The molecule has 1 amide bonds. The highest BCUT2D eigenvalue weighted by Gasteiger charge is 2.14. The lowest BCUT2D eigenvalue weighted by atomic mass is 10.1. The summed E-state index contributed by atoms with van der Waals surface area (Å²) in [6.45, 7) is 0.466. The summed E-state index contributed by atoms with van der Waals surface area (Å²) >= 11 is 3.44. The van der Waals surface area contributed by atoms with E-state index in [4.69, 9.17) is 9.47 Å². The molecular formula is C17H18BrNO3. The van der Waals surface area contributed by atoms with Crippen LogP contribution in [0.15, 0.2) is 46.9 Å². The predicted molar refractivity (Wildman–Crippen MR) is 89.5 cm³/mol. The molecular weight excluding hydrogens is 346 g/mol. The van der Waals surface area contributed by atoms with Gasteiger partial charge in [-0.2, -0.15) is 0 Å². The van der Waals surface area contributed by atoms with Gasteiger partial charge < -0.3 is 14.4 Å². The average molecular weight is 364 g/mol. The molecule has 0 radical (unpaired) electrons. The third-order valence-corrected chi connectivity index (χ3v) is 3.83. The van der Waals surface area contributed by atoms with E-state index in [2.05, 4.69) is 15.9 Å². The number of benzene rings is 2.